The van der Waals surface area contributed by atoms with E-state index < -0.39 is 0 Å². The van der Waals surface area contributed by atoms with Gasteiger partial charge in [0.15, 0.2) is 0 Å². The van der Waals surface area contributed by atoms with Crippen molar-refractivity contribution in [2.75, 3.05) is 25.0 Å². The summed E-state index contributed by atoms with van der Waals surface area (Å²) < 4.78 is 5.45. The molecule has 1 heterocycles. The summed E-state index contributed by atoms with van der Waals surface area (Å²) in [4.78, 5) is 16.8. The van der Waals surface area contributed by atoms with E-state index in [1.165, 1.54) is 0 Å². The Balaban J connectivity index is 1.52. The lowest BCUT2D eigenvalue weighted by Gasteiger charge is -2.27. The lowest BCUT2D eigenvalue weighted by molar-refractivity contribution is 0.0793. The number of aryl methyl sites for hydroxylation is 1. The number of hydrogen-bond donors (Lipinski definition) is 0. The van der Waals surface area contributed by atoms with Crippen molar-refractivity contribution in [3.05, 3.63) is 72.0 Å². The van der Waals surface area contributed by atoms with Crippen LogP contribution in [0.15, 0.2) is 65.2 Å². The van der Waals surface area contributed by atoms with Crippen LogP contribution in [-0.4, -0.2) is 42.1 Å². The summed E-state index contributed by atoms with van der Waals surface area (Å²) in [5.74, 6) is 0.879. The zero-order chi connectivity index (χ0) is 21.5. The van der Waals surface area contributed by atoms with E-state index in [-0.39, 0.29) is 5.91 Å². The van der Waals surface area contributed by atoms with Gasteiger partial charge in [0.1, 0.15) is 11.5 Å². The molecule has 0 saturated carbocycles. The van der Waals surface area contributed by atoms with E-state index in [1.54, 1.807) is 4.90 Å². The van der Waals surface area contributed by atoms with Crippen molar-refractivity contribution in [3.63, 3.8) is 0 Å². The summed E-state index contributed by atoms with van der Waals surface area (Å²) in [6.45, 7) is 8.10. The van der Waals surface area contributed by atoms with Crippen LogP contribution >= 0.6 is 0 Å². The molecular formula is C25H31N3O2. The van der Waals surface area contributed by atoms with Crippen LogP contribution in [0.4, 0.5) is 5.69 Å². The minimum Gasteiger partial charge on any atom is -0.369 e. The van der Waals surface area contributed by atoms with Gasteiger partial charge in [-0.3, -0.25) is 4.79 Å². The molecule has 0 unspecified atom stereocenters. The molecule has 0 aliphatic carbocycles. The molecule has 0 radical (unpaired) electrons. The zero-order valence-electron chi connectivity index (χ0n) is 18.3. The van der Waals surface area contributed by atoms with Crippen LogP contribution in [0.25, 0.3) is 11.3 Å². The second-order valence-electron chi connectivity index (χ2n) is 7.80. The Kier molecular flexibility index (Phi) is 7.28. The molecule has 3 rings (SSSR count). The Hall–Kier alpha value is -3.08. The van der Waals surface area contributed by atoms with Crippen molar-refractivity contribution in [3.8, 4) is 11.3 Å². The van der Waals surface area contributed by atoms with Crippen molar-refractivity contribution < 1.29 is 9.32 Å². The Morgan fingerprint density at radius 2 is 1.77 bits per heavy atom. The third-order valence-electron chi connectivity index (χ3n) is 5.30. The molecule has 30 heavy (non-hydrogen) atoms. The summed E-state index contributed by atoms with van der Waals surface area (Å²) in [7, 11) is 1.85. The van der Waals surface area contributed by atoms with E-state index in [9.17, 15) is 4.79 Å². The largest absolute Gasteiger partial charge is 0.369 e. The molecule has 0 spiro atoms. The molecule has 1 amide bonds. The summed E-state index contributed by atoms with van der Waals surface area (Å²) in [5, 5.41) is 4.15. The van der Waals surface area contributed by atoms with Crippen LogP contribution in [-0.2, 0) is 6.42 Å². The van der Waals surface area contributed by atoms with Gasteiger partial charge in [0, 0.05) is 55.5 Å². The number of nitrogens with zero attached hydrogens (tertiary/aromatic N) is 3. The molecule has 2 aromatic carbocycles. The molecular weight excluding hydrogens is 374 g/mol. The second-order valence-corrected chi connectivity index (χ2v) is 7.80. The molecule has 5 nitrogen and oxygen atoms in total. The van der Waals surface area contributed by atoms with Crippen molar-refractivity contribution in [2.45, 2.75) is 39.7 Å². The second kappa shape index (κ2) is 10.1. The molecule has 0 aliphatic rings. The van der Waals surface area contributed by atoms with Crippen LogP contribution in [0.5, 0.6) is 0 Å². The summed E-state index contributed by atoms with van der Waals surface area (Å²) in [5.41, 5.74) is 3.75. The number of hydrogen-bond acceptors (Lipinski definition) is 4. The van der Waals surface area contributed by atoms with Gasteiger partial charge in [0.05, 0.1) is 0 Å². The number of rotatable bonds is 9. The molecule has 0 fully saturated rings. The summed E-state index contributed by atoms with van der Waals surface area (Å²) >= 11 is 0. The van der Waals surface area contributed by atoms with Crippen molar-refractivity contribution in [1.82, 2.24) is 10.1 Å². The van der Waals surface area contributed by atoms with Crippen molar-refractivity contribution in [2.24, 2.45) is 0 Å². The minimum absolute atomic E-state index is 0.0386. The SMILES string of the molecule is CCN(c1ccc(C(=O)N(C)CCCc2cc(-c3ccccc3)no2)cc1)C(C)C. The van der Waals surface area contributed by atoms with Gasteiger partial charge >= 0.3 is 0 Å². The predicted octanol–water partition coefficient (Wildman–Crippen LogP) is 5.28. The maximum Gasteiger partial charge on any atom is 0.253 e. The fraction of sp³-hybridized carbons (Fsp3) is 0.360. The van der Waals surface area contributed by atoms with Gasteiger partial charge in [-0.05, 0) is 51.5 Å². The average molecular weight is 406 g/mol. The third kappa shape index (κ3) is 5.29. The molecule has 1 aromatic heterocycles. The summed E-state index contributed by atoms with van der Waals surface area (Å²) in [6, 6.07) is 20.3. The number of aromatic nitrogens is 1. The highest BCUT2D eigenvalue weighted by Gasteiger charge is 2.14. The van der Waals surface area contributed by atoms with Crippen molar-refractivity contribution in [1.29, 1.82) is 0 Å². The Morgan fingerprint density at radius 1 is 1.07 bits per heavy atom. The van der Waals surface area contributed by atoms with Crippen LogP contribution in [0.3, 0.4) is 0 Å². The van der Waals surface area contributed by atoms with E-state index >= 15 is 0 Å². The summed E-state index contributed by atoms with van der Waals surface area (Å²) in [6.07, 6.45) is 1.57. The number of anilines is 1. The maximum atomic E-state index is 12.7. The number of carbonyl (C=O) groups is 1. The molecule has 0 N–H and O–H groups in total. The van der Waals surface area contributed by atoms with Crippen LogP contribution < -0.4 is 4.90 Å². The standard InChI is InChI=1S/C25H31N3O2/c1-5-28(19(2)3)22-15-13-21(14-16-22)25(29)27(4)17-9-12-23-18-24(26-30-23)20-10-7-6-8-11-20/h6-8,10-11,13-16,18-19H,5,9,12,17H2,1-4H3. The van der Waals surface area contributed by atoms with E-state index in [1.807, 2.05) is 67.7 Å². The lowest BCUT2D eigenvalue weighted by atomic mass is 10.1. The first-order chi connectivity index (χ1) is 14.5. The van der Waals surface area contributed by atoms with Crippen LogP contribution in [0, 0.1) is 0 Å². The molecule has 0 bridgehead atoms. The first kappa shape index (κ1) is 21.6. The van der Waals surface area contributed by atoms with E-state index in [4.69, 9.17) is 4.52 Å². The Bertz CT molecular complexity index is 933. The van der Waals surface area contributed by atoms with E-state index in [0.29, 0.717) is 18.2 Å². The zero-order valence-corrected chi connectivity index (χ0v) is 18.3. The van der Waals surface area contributed by atoms with Crippen LogP contribution in [0.1, 0.15) is 43.3 Å². The topological polar surface area (TPSA) is 49.6 Å². The third-order valence-corrected chi connectivity index (χ3v) is 5.30. The van der Waals surface area contributed by atoms with Gasteiger partial charge in [-0.1, -0.05) is 35.5 Å². The molecule has 158 valence electrons. The molecule has 0 aliphatic heterocycles. The van der Waals surface area contributed by atoms with Gasteiger partial charge < -0.3 is 14.3 Å². The number of benzene rings is 2. The van der Waals surface area contributed by atoms with Gasteiger partial charge in [0.2, 0.25) is 0 Å². The number of amides is 1. The van der Waals surface area contributed by atoms with Crippen molar-refractivity contribution >= 4 is 11.6 Å². The Labute approximate surface area is 179 Å². The fourth-order valence-electron chi connectivity index (χ4n) is 3.63. The fourth-order valence-corrected chi connectivity index (χ4v) is 3.63. The first-order valence-corrected chi connectivity index (χ1v) is 10.6. The quantitative estimate of drug-likeness (QED) is 0.486. The van der Waals surface area contributed by atoms with Gasteiger partial charge in [-0.25, -0.2) is 0 Å². The lowest BCUT2D eigenvalue weighted by Crippen LogP contribution is -2.30. The molecule has 3 aromatic rings. The maximum absolute atomic E-state index is 12.7. The minimum atomic E-state index is 0.0386. The van der Waals surface area contributed by atoms with Gasteiger partial charge in [0.25, 0.3) is 5.91 Å². The van der Waals surface area contributed by atoms with E-state index in [2.05, 4.69) is 30.8 Å². The molecule has 0 atom stereocenters. The predicted molar refractivity (Wildman–Crippen MR) is 122 cm³/mol. The van der Waals surface area contributed by atoms with E-state index in [0.717, 1.165) is 42.1 Å². The molecule has 0 saturated heterocycles. The average Bonchev–Trinajstić information content (AvgIpc) is 3.23. The first-order valence-electron chi connectivity index (χ1n) is 10.6. The highest BCUT2D eigenvalue weighted by atomic mass is 16.5. The van der Waals surface area contributed by atoms with Crippen LogP contribution in [0.2, 0.25) is 0 Å². The number of carbonyl (C=O) groups excluding carboxylic acids is 1. The Morgan fingerprint density at radius 3 is 2.40 bits per heavy atom. The van der Waals surface area contributed by atoms with Gasteiger partial charge in [-0.15, -0.1) is 0 Å². The normalized spacial score (nSPS) is 11.0. The highest BCUT2D eigenvalue weighted by Crippen LogP contribution is 2.20. The highest BCUT2D eigenvalue weighted by molar-refractivity contribution is 5.94. The monoisotopic (exact) mass is 405 g/mol. The smallest absolute Gasteiger partial charge is 0.253 e. The molecule has 5 heteroatoms. The van der Waals surface area contributed by atoms with Gasteiger partial charge in [-0.2, -0.15) is 0 Å².